The summed E-state index contributed by atoms with van der Waals surface area (Å²) in [5.74, 6) is -0.525. The van der Waals surface area contributed by atoms with Crippen LogP contribution in [0.4, 0.5) is 61.1 Å². The molecule has 0 spiro atoms. The van der Waals surface area contributed by atoms with E-state index >= 15 is 0 Å². The van der Waals surface area contributed by atoms with Crippen LogP contribution < -0.4 is 20.9 Å². The Labute approximate surface area is 339 Å². The van der Waals surface area contributed by atoms with Crippen LogP contribution in [0.25, 0.3) is 22.9 Å². The zero-order valence-corrected chi connectivity index (χ0v) is 31.5. The maximum atomic E-state index is 12.7. The first kappa shape index (κ1) is 45.6. The Morgan fingerprint density at radius 3 is 1.57 bits per heavy atom. The molecule has 0 aliphatic rings. The molecule has 60 heavy (non-hydrogen) atoms. The maximum Gasteiger partial charge on any atom is 0.416 e. The van der Waals surface area contributed by atoms with Crippen molar-refractivity contribution in [2.24, 2.45) is 0 Å². The highest BCUT2D eigenvalue weighted by molar-refractivity contribution is 5.79. The number of carbonyl (C=O) groups excluding carboxylic acids is 2. The number of anilines is 6. The summed E-state index contributed by atoms with van der Waals surface area (Å²) in [6, 6.07) is 23.4. The second-order valence-corrected chi connectivity index (χ2v) is 12.1. The molecule has 0 unspecified atom stereocenters. The van der Waals surface area contributed by atoms with Gasteiger partial charge in [-0.15, -0.1) is 10.2 Å². The van der Waals surface area contributed by atoms with Crippen molar-refractivity contribution >= 4 is 46.7 Å². The number of alkyl halides is 6. The van der Waals surface area contributed by atoms with E-state index < -0.39 is 35.4 Å². The third-order valence-electron chi connectivity index (χ3n) is 7.82. The first-order valence-electron chi connectivity index (χ1n) is 17.6. The Morgan fingerprint density at radius 2 is 1.08 bits per heavy atom. The van der Waals surface area contributed by atoms with Gasteiger partial charge in [0.05, 0.1) is 46.8 Å². The van der Waals surface area contributed by atoms with E-state index in [1.807, 2.05) is 0 Å². The van der Waals surface area contributed by atoms with E-state index in [-0.39, 0.29) is 57.5 Å². The summed E-state index contributed by atoms with van der Waals surface area (Å²) in [4.78, 5) is 24.5. The quantitative estimate of drug-likeness (QED) is 0.0700. The number of nitrogens with one attached hydrogen (secondary N) is 3. The predicted octanol–water partition coefficient (Wildman–Crippen LogP) is 9.61. The molecule has 2 aromatic heterocycles. The number of hydrogen-bond donors (Lipinski definition) is 3. The number of likely N-dealkylation sites (N-methyl/N-ethyl adjacent to an activating group) is 1. The van der Waals surface area contributed by atoms with Gasteiger partial charge >= 0.3 is 36.3 Å². The summed E-state index contributed by atoms with van der Waals surface area (Å²) in [5.41, 5.74) is 1.71. The zero-order chi connectivity index (χ0) is 42.6. The molecule has 3 N–H and O–H groups in total. The van der Waals surface area contributed by atoms with E-state index in [9.17, 15) is 35.9 Å². The molecule has 0 bridgehead atoms. The topological polar surface area (TPSA) is 170 Å². The molecule has 0 amide bonds. The lowest BCUT2D eigenvalue weighted by atomic mass is 10.1. The van der Waals surface area contributed by atoms with Crippen molar-refractivity contribution in [3.8, 4) is 22.9 Å². The first-order chi connectivity index (χ1) is 28.1. The summed E-state index contributed by atoms with van der Waals surface area (Å²) < 4.78 is 97.2. The summed E-state index contributed by atoms with van der Waals surface area (Å²) in [6.45, 7) is 3.76. The SMILES string of the molecule is C.CCOC(=O)CN(C)c1nnc(-c2ccccc2Nc2ccc(C(F)(F)F)cc2)o1.CCOC(=O)CNc1nnc(-c2ccccc2Nc2ccc(C(F)(F)F)cc2)o1. The minimum absolute atomic E-state index is 0. The lowest BCUT2D eigenvalue weighted by Crippen LogP contribution is -2.27. The molecule has 0 saturated heterocycles. The first-order valence-corrected chi connectivity index (χ1v) is 17.6. The third kappa shape index (κ3) is 12.7. The van der Waals surface area contributed by atoms with Crippen molar-refractivity contribution in [2.75, 3.05) is 54.2 Å². The number of carbonyl (C=O) groups is 2. The molecule has 318 valence electrons. The number of benzene rings is 4. The monoisotopic (exact) mass is 842 g/mol. The van der Waals surface area contributed by atoms with Gasteiger partial charge in [-0.3, -0.25) is 9.59 Å². The molecule has 6 aromatic rings. The minimum Gasteiger partial charge on any atom is -0.465 e. The number of halogens is 6. The average molecular weight is 843 g/mol. The van der Waals surface area contributed by atoms with Crippen LogP contribution >= 0.6 is 0 Å². The Balaban J connectivity index is 0.000000260. The molecule has 2 heterocycles. The summed E-state index contributed by atoms with van der Waals surface area (Å²) >= 11 is 0. The normalized spacial score (nSPS) is 11.0. The highest BCUT2D eigenvalue weighted by atomic mass is 19.4. The Morgan fingerprint density at radius 1 is 0.633 bits per heavy atom. The third-order valence-corrected chi connectivity index (χ3v) is 7.82. The van der Waals surface area contributed by atoms with Crippen molar-refractivity contribution in [2.45, 2.75) is 33.6 Å². The van der Waals surface area contributed by atoms with Crippen LogP contribution in [0.2, 0.25) is 0 Å². The van der Waals surface area contributed by atoms with Gasteiger partial charge in [-0.2, -0.15) is 26.3 Å². The van der Waals surface area contributed by atoms with E-state index in [1.54, 1.807) is 69.4 Å². The lowest BCUT2D eigenvalue weighted by Gasteiger charge is -2.13. The van der Waals surface area contributed by atoms with Gasteiger partial charge in [-0.25, -0.2) is 0 Å². The number of esters is 2. The van der Waals surface area contributed by atoms with Gasteiger partial charge in [0, 0.05) is 18.4 Å². The summed E-state index contributed by atoms with van der Waals surface area (Å²) in [6.07, 6.45) is -8.79. The summed E-state index contributed by atoms with van der Waals surface area (Å²) in [7, 11) is 1.61. The van der Waals surface area contributed by atoms with Crippen LogP contribution in [0.3, 0.4) is 0 Å². The molecule has 0 atom stereocenters. The minimum atomic E-state index is -4.40. The fourth-order valence-corrected chi connectivity index (χ4v) is 5.06. The number of nitrogens with zero attached hydrogens (tertiary/aromatic N) is 5. The molecule has 0 fully saturated rings. The molecule has 6 rings (SSSR count). The van der Waals surface area contributed by atoms with Crippen LogP contribution in [0.1, 0.15) is 32.4 Å². The average Bonchev–Trinajstić information content (AvgIpc) is 3.89. The van der Waals surface area contributed by atoms with Crippen LogP contribution in [0.5, 0.6) is 0 Å². The second kappa shape index (κ2) is 20.5. The Bertz CT molecular complexity index is 2300. The standard InChI is InChI=1S/C20H19F3N4O3.C19H17F3N4O3.CH4/c1-3-29-17(28)12-27(2)19-26-25-18(30-19)15-6-4-5-7-16(15)24-14-10-8-13(9-11-14)20(21,22)23;1-2-28-16(27)11-23-18-26-25-17(29-18)14-5-3-4-6-15(14)24-13-9-7-12(8-10-13)19(20,21)22;/h4-11,24H,3,12H2,1-2H3;3-10,24H,2,11H2,1H3,(H,23,26);1H4. The van der Waals surface area contributed by atoms with E-state index in [4.69, 9.17) is 18.3 Å². The Hall–Kier alpha value is -7.12. The van der Waals surface area contributed by atoms with Gasteiger partial charge in [0.1, 0.15) is 13.1 Å². The van der Waals surface area contributed by atoms with Gasteiger partial charge in [-0.1, -0.05) is 41.9 Å². The van der Waals surface area contributed by atoms with E-state index in [0.29, 0.717) is 33.9 Å². The molecule has 0 radical (unpaired) electrons. The number of para-hydroxylation sites is 2. The van der Waals surface area contributed by atoms with Crippen LogP contribution in [-0.2, 0) is 31.4 Å². The number of rotatable bonds is 14. The molecular weight excluding hydrogens is 802 g/mol. The van der Waals surface area contributed by atoms with Crippen molar-refractivity contribution in [1.29, 1.82) is 0 Å². The maximum absolute atomic E-state index is 12.7. The van der Waals surface area contributed by atoms with Crippen molar-refractivity contribution in [1.82, 2.24) is 20.4 Å². The highest BCUT2D eigenvalue weighted by Crippen LogP contribution is 2.35. The Kier molecular flexibility index (Phi) is 15.6. The van der Waals surface area contributed by atoms with Crippen molar-refractivity contribution in [3.05, 3.63) is 108 Å². The molecule has 0 aliphatic heterocycles. The van der Waals surface area contributed by atoms with E-state index in [1.165, 1.54) is 29.2 Å². The zero-order valence-electron chi connectivity index (χ0n) is 31.5. The van der Waals surface area contributed by atoms with Crippen LogP contribution in [0, 0.1) is 0 Å². The van der Waals surface area contributed by atoms with Crippen molar-refractivity contribution in [3.63, 3.8) is 0 Å². The van der Waals surface area contributed by atoms with Gasteiger partial charge in [0.2, 0.25) is 0 Å². The summed E-state index contributed by atoms with van der Waals surface area (Å²) in [5, 5.41) is 24.5. The fraction of sp³-hybridized carbons (Fsp3) is 0.250. The number of aromatic nitrogens is 4. The van der Waals surface area contributed by atoms with Gasteiger partial charge < -0.3 is 39.2 Å². The number of hydrogen-bond acceptors (Lipinski definition) is 14. The highest BCUT2D eigenvalue weighted by Gasteiger charge is 2.31. The predicted molar refractivity (Wildman–Crippen MR) is 211 cm³/mol. The van der Waals surface area contributed by atoms with Crippen LogP contribution in [-0.4, -0.2) is 65.7 Å². The van der Waals surface area contributed by atoms with Crippen molar-refractivity contribution < 1.29 is 54.2 Å². The molecule has 0 saturated carbocycles. The van der Waals surface area contributed by atoms with E-state index in [2.05, 4.69) is 36.3 Å². The van der Waals surface area contributed by atoms with E-state index in [0.717, 1.165) is 24.3 Å². The fourth-order valence-electron chi connectivity index (χ4n) is 5.06. The molecule has 0 aliphatic carbocycles. The van der Waals surface area contributed by atoms with Gasteiger partial charge in [0.15, 0.2) is 0 Å². The van der Waals surface area contributed by atoms with Crippen LogP contribution in [0.15, 0.2) is 106 Å². The number of ether oxygens (including phenoxy) is 2. The molecule has 14 nitrogen and oxygen atoms in total. The van der Waals surface area contributed by atoms with Gasteiger partial charge in [-0.05, 0) is 86.6 Å². The molecular formula is C40H40F6N8O6. The second-order valence-electron chi connectivity index (χ2n) is 12.1. The largest absolute Gasteiger partial charge is 0.465 e. The smallest absolute Gasteiger partial charge is 0.416 e. The molecule has 20 heteroatoms. The molecule has 4 aromatic carbocycles. The van der Waals surface area contributed by atoms with Gasteiger partial charge in [0.25, 0.3) is 11.8 Å². The lowest BCUT2D eigenvalue weighted by molar-refractivity contribution is -0.142.